The maximum absolute atomic E-state index is 13.0. The van der Waals surface area contributed by atoms with Crippen LogP contribution < -0.4 is 0 Å². The highest BCUT2D eigenvalue weighted by Gasteiger charge is 2.47. The van der Waals surface area contributed by atoms with Gasteiger partial charge in [0.1, 0.15) is 0 Å². The molecule has 2 atom stereocenters. The number of amides is 1. The Hall–Kier alpha value is -1.39. The number of likely N-dealkylation sites (tertiary alicyclic amines) is 1. The first kappa shape index (κ1) is 18.0. The summed E-state index contributed by atoms with van der Waals surface area (Å²) < 4.78 is 11.9. The van der Waals surface area contributed by atoms with Crippen LogP contribution in [0.15, 0.2) is 24.3 Å². The minimum atomic E-state index is 0.000803. The van der Waals surface area contributed by atoms with Crippen molar-refractivity contribution >= 4 is 5.91 Å². The first-order valence-electron chi connectivity index (χ1n) is 10.2. The van der Waals surface area contributed by atoms with E-state index in [0.717, 1.165) is 58.4 Å². The van der Waals surface area contributed by atoms with Gasteiger partial charge in [-0.3, -0.25) is 4.79 Å². The van der Waals surface area contributed by atoms with Crippen LogP contribution in [0.2, 0.25) is 0 Å². The summed E-state index contributed by atoms with van der Waals surface area (Å²) in [5.74, 6) is 0.783. The predicted molar refractivity (Wildman–Crippen MR) is 101 cm³/mol. The Labute approximate surface area is 156 Å². The van der Waals surface area contributed by atoms with Gasteiger partial charge in [0.25, 0.3) is 0 Å². The van der Waals surface area contributed by atoms with Crippen LogP contribution in [0, 0.1) is 11.3 Å². The number of benzene rings is 1. The maximum Gasteiger partial charge on any atom is 0.222 e. The van der Waals surface area contributed by atoms with Crippen LogP contribution in [-0.4, -0.2) is 49.8 Å². The first-order valence-corrected chi connectivity index (χ1v) is 10.2. The fourth-order valence-electron chi connectivity index (χ4n) is 5.19. The van der Waals surface area contributed by atoms with E-state index in [0.29, 0.717) is 24.9 Å². The van der Waals surface area contributed by atoms with Crippen molar-refractivity contribution < 1.29 is 14.3 Å². The Bertz CT molecular complexity index is 621. The Kier molecular flexibility index (Phi) is 5.32. The topological polar surface area (TPSA) is 38.8 Å². The normalized spacial score (nSPS) is 28.7. The van der Waals surface area contributed by atoms with Crippen molar-refractivity contribution in [2.45, 2.75) is 51.6 Å². The number of piperidine rings is 1. The van der Waals surface area contributed by atoms with Gasteiger partial charge in [-0.1, -0.05) is 24.3 Å². The average molecular weight is 357 g/mol. The van der Waals surface area contributed by atoms with Gasteiger partial charge >= 0.3 is 0 Å². The van der Waals surface area contributed by atoms with Crippen LogP contribution in [0.4, 0.5) is 0 Å². The lowest BCUT2D eigenvalue weighted by atomic mass is 9.73. The molecule has 4 nitrogen and oxygen atoms in total. The van der Waals surface area contributed by atoms with Crippen LogP contribution in [0.25, 0.3) is 0 Å². The van der Waals surface area contributed by atoms with E-state index >= 15 is 0 Å². The van der Waals surface area contributed by atoms with E-state index in [2.05, 4.69) is 29.2 Å². The van der Waals surface area contributed by atoms with Gasteiger partial charge < -0.3 is 14.4 Å². The summed E-state index contributed by atoms with van der Waals surface area (Å²) in [6.07, 6.45) is 6.15. The molecule has 4 rings (SSSR count). The smallest absolute Gasteiger partial charge is 0.222 e. The summed E-state index contributed by atoms with van der Waals surface area (Å²) in [6, 6.07) is 8.63. The van der Waals surface area contributed by atoms with E-state index in [1.807, 2.05) is 6.92 Å². The van der Waals surface area contributed by atoms with Gasteiger partial charge in [-0.2, -0.15) is 0 Å². The monoisotopic (exact) mass is 357 g/mol. The molecule has 2 saturated heterocycles. The molecule has 26 heavy (non-hydrogen) atoms. The molecule has 2 aliphatic heterocycles. The summed E-state index contributed by atoms with van der Waals surface area (Å²) in [6.45, 7) is 5.97. The largest absolute Gasteiger partial charge is 0.381 e. The Morgan fingerprint density at radius 3 is 2.81 bits per heavy atom. The van der Waals surface area contributed by atoms with Crippen molar-refractivity contribution in [2.24, 2.45) is 11.3 Å². The van der Waals surface area contributed by atoms with Crippen molar-refractivity contribution in [1.29, 1.82) is 0 Å². The summed E-state index contributed by atoms with van der Waals surface area (Å²) in [5, 5.41) is 0. The summed E-state index contributed by atoms with van der Waals surface area (Å²) >= 11 is 0. The zero-order valence-corrected chi connectivity index (χ0v) is 15.9. The highest BCUT2D eigenvalue weighted by molar-refractivity contribution is 5.77. The van der Waals surface area contributed by atoms with Crippen molar-refractivity contribution in [3.63, 3.8) is 0 Å². The molecule has 1 aromatic carbocycles. The fourth-order valence-corrected chi connectivity index (χ4v) is 5.19. The minimum Gasteiger partial charge on any atom is -0.381 e. The van der Waals surface area contributed by atoms with E-state index in [1.54, 1.807) is 0 Å². The standard InChI is InChI=1S/C22H31NO3/c1-2-25-16-22-9-5-11-26-20(22)8-10-23(15-22)21(24)14-17-12-18-6-3-4-7-19(18)13-17/h3-4,6-7,17,20H,2,5,8-16H2,1H3. The van der Waals surface area contributed by atoms with Crippen molar-refractivity contribution in [3.05, 3.63) is 35.4 Å². The molecule has 1 aliphatic carbocycles. The first-order chi connectivity index (χ1) is 12.7. The predicted octanol–water partition coefficient (Wildman–Crippen LogP) is 3.23. The molecule has 0 aromatic heterocycles. The SMILES string of the molecule is CCOCC12CCCOC1CCN(C(=O)CC1Cc3ccccc3C1)C2. The number of carbonyl (C=O) groups excluding carboxylic acids is 1. The molecule has 2 fully saturated rings. The molecule has 2 unspecified atom stereocenters. The molecular formula is C22H31NO3. The molecule has 142 valence electrons. The van der Waals surface area contributed by atoms with Gasteiger partial charge in [0.05, 0.1) is 12.7 Å². The molecule has 1 aromatic rings. The molecule has 4 heteroatoms. The average Bonchev–Trinajstić information content (AvgIpc) is 3.08. The number of hydrogen-bond donors (Lipinski definition) is 0. The number of ether oxygens (including phenoxy) is 2. The third kappa shape index (κ3) is 3.54. The van der Waals surface area contributed by atoms with E-state index < -0.39 is 0 Å². The fraction of sp³-hybridized carbons (Fsp3) is 0.682. The number of hydrogen-bond acceptors (Lipinski definition) is 3. The quantitative estimate of drug-likeness (QED) is 0.812. The second kappa shape index (κ2) is 7.69. The second-order valence-corrected chi connectivity index (χ2v) is 8.31. The van der Waals surface area contributed by atoms with Crippen LogP contribution in [0.1, 0.15) is 43.7 Å². The van der Waals surface area contributed by atoms with E-state index in [1.165, 1.54) is 11.1 Å². The van der Waals surface area contributed by atoms with Crippen LogP contribution >= 0.6 is 0 Å². The van der Waals surface area contributed by atoms with E-state index in [9.17, 15) is 4.79 Å². The van der Waals surface area contributed by atoms with Crippen LogP contribution in [0.3, 0.4) is 0 Å². The maximum atomic E-state index is 13.0. The highest BCUT2D eigenvalue weighted by Crippen LogP contribution is 2.41. The molecule has 0 saturated carbocycles. The molecule has 0 spiro atoms. The third-order valence-corrected chi connectivity index (χ3v) is 6.53. The lowest BCUT2D eigenvalue weighted by Gasteiger charge is -2.50. The molecule has 3 aliphatic rings. The third-order valence-electron chi connectivity index (χ3n) is 6.53. The lowest BCUT2D eigenvalue weighted by Crippen LogP contribution is -2.58. The van der Waals surface area contributed by atoms with Gasteiger partial charge in [0.15, 0.2) is 0 Å². The number of carbonyl (C=O) groups is 1. The summed E-state index contributed by atoms with van der Waals surface area (Å²) in [4.78, 5) is 15.1. The molecule has 0 radical (unpaired) electrons. The number of fused-ring (bicyclic) bond motifs is 2. The number of rotatable bonds is 5. The van der Waals surface area contributed by atoms with Gasteiger partial charge in [-0.05, 0) is 56.1 Å². The molecule has 1 amide bonds. The molecule has 0 N–H and O–H groups in total. The van der Waals surface area contributed by atoms with Crippen molar-refractivity contribution in [1.82, 2.24) is 4.90 Å². The van der Waals surface area contributed by atoms with Crippen molar-refractivity contribution in [2.75, 3.05) is 32.9 Å². The van der Waals surface area contributed by atoms with Gasteiger partial charge in [0.2, 0.25) is 5.91 Å². The molecule has 2 heterocycles. The van der Waals surface area contributed by atoms with Gasteiger partial charge in [0, 0.05) is 38.1 Å². The molecular weight excluding hydrogens is 326 g/mol. The van der Waals surface area contributed by atoms with Gasteiger partial charge in [-0.15, -0.1) is 0 Å². The highest BCUT2D eigenvalue weighted by atomic mass is 16.5. The molecule has 0 bridgehead atoms. The Morgan fingerprint density at radius 1 is 1.31 bits per heavy atom. The Morgan fingerprint density at radius 2 is 2.08 bits per heavy atom. The zero-order chi connectivity index (χ0) is 18.0. The van der Waals surface area contributed by atoms with Crippen LogP contribution in [-0.2, 0) is 27.1 Å². The van der Waals surface area contributed by atoms with Gasteiger partial charge in [-0.25, -0.2) is 0 Å². The number of nitrogens with zero attached hydrogens (tertiary/aromatic N) is 1. The van der Waals surface area contributed by atoms with E-state index in [-0.39, 0.29) is 11.5 Å². The zero-order valence-electron chi connectivity index (χ0n) is 15.9. The lowest BCUT2D eigenvalue weighted by molar-refractivity contribution is -0.164. The van der Waals surface area contributed by atoms with E-state index in [4.69, 9.17) is 9.47 Å². The summed E-state index contributed by atoms with van der Waals surface area (Å²) in [5.41, 5.74) is 2.86. The van der Waals surface area contributed by atoms with Crippen LogP contribution in [0.5, 0.6) is 0 Å². The second-order valence-electron chi connectivity index (χ2n) is 8.31. The summed E-state index contributed by atoms with van der Waals surface area (Å²) in [7, 11) is 0. The van der Waals surface area contributed by atoms with Crippen molar-refractivity contribution in [3.8, 4) is 0 Å². The Balaban J connectivity index is 1.39. The minimum absolute atomic E-state index is 0.000803.